The predicted octanol–water partition coefficient (Wildman–Crippen LogP) is 3.92. The Balaban J connectivity index is 2.51. The quantitative estimate of drug-likeness (QED) is 0.759. The van der Waals surface area contributed by atoms with Crippen molar-refractivity contribution < 1.29 is 13.6 Å². The second-order valence-corrected chi connectivity index (χ2v) is 4.22. The highest BCUT2D eigenvalue weighted by Gasteiger charge is 2.18. The van der Waals surface area contributed by atoms with Crippen molar-refractivity contribution in [2.24, 2.45) is 0 Å². The summed E-state index contributed by atoms with van der Waals surface area (Å²) < 4.78 is 18.2. The van der Waals surface area contributed by atoms with E-state index in [4.69, 9.17) is 16.0 Å². The molecule has 0 saturated heterocycles. The van der Waals surface area contributed by atoms with Gasteiger partial charge in [-0.2, -0.15) is 0 Å². The summed E-state index contributed by atoms with van der Waals surface area (Å²) in [4.78, 5) is 12.1. The van der Waals surface area contributed by atoms with Crippen molar-refractivity contribution >= 4 is 17.4 Å². The first-order chi connectivity index (χ1) is 7.99. The van der Waals surface area contributed by atoms with Crippen molar-refractivity contribution in [3.8, 4) is 0 Å². The SMILES string of the molecule is Cc1cc(F)cc(C)c1C(=O)c1ccc(Cl)o1. The van der Waals surface area contributed by atoms with Gasteiger partial charge in [-0.3, -0.25) is 4.79 Å². The van der Waals surface area contributed by atoms with Crippen molar-refractivity contribution in [2.45, 2.75) is 13.8 Å². The van der Waals surface area contributed by atoms with Crippen molar-refractivity contribution in [3.63, 3.8) is 0 Å². The van der Waals surface area contributed by atoms with Crippen molar-refractivity contribution in [1.82, 2.24) is 0 Å². The van der Waals surface area contributed by atoms with Crippen LogP contribution in [0.15, 0.2) is 28.7 Å². The summed E-state index contributed by atoms with van der Waals surface area (Å²) in [7, 11) is 0. The van der Waals surface area contributed by atoms with Crippen LogP contribution in [0, 0.1) is 19.7 Å². The molecular formula is C13H10ClFO2. The van der Waals surface area contributed by atoms with Crippen LogP contribution in [0.4, 0.5) is 4.39 Å². The number of carbonyl (C=O) groups excluding carboxylic acids is 1. The fourth-order valence-corrected chi connectivity index (χ4v) is 1.97. The molecule has 0 aliphatic carbocycles. The van der Waals surface area contributed by atoms with Crippen LogP contribution in [-0.2, 0) is 0 Å². The molecule has 2 nitrogen and oxygen atoms in total. The second kappa shape index (κ2) is 4.34. The Kier molecular flexibility index (Phi) is 3.03. The first kappa shape index (κ1) is 11.9. The maximum atomic E-state index is 13.1. The number of furan rings is 1. The molecule has 1 aromatic carbocycles. The van der Waals surface area contributed by atoms with E-state index >= 15 is 0 Å². The molecule has 0 bridgehead atoms. The number of ketones is 1. The number of hydrogen-bond donors (Lipinski definition) is 0. The van der Waals surface area contributed by atoms with Crippen LogP contribution in [0.3, 0.4) is 0 Å². The molecule has 0 radical (unpaired) electrons. The van der Waals surface area contributed by atoms with E-state index in [-0.39, 0.29) is 22.6 Å². The predicted molar refractivity (Wildman–Crippen MR) is 63.0 cm³/mol. The van der Waals surface area contributed by atoms with E-state index in [1.165, 1.54) is 24.3 Å². The lowest BCUT2D eigenvalue weighted by atomic mass is 9.98. The molecule has 0 aliphatic heterocycles. The highest BCUT2D eigenvalue weighted by Crippen LogP contribution is 2.22. The zero-order valence-corrected chi connectivity index (χ0v) is 10.1. The van der Waals surface area contributed by atoms with Crippen LogP contribution in [-0.4, -0.2) is 5.78 Å². The van der Waals surface area contributed by atoms with Gasteiger partial charge in [0.25, 0.3) is 0 Å². The minimum absolute atomic E-state index is 0.158. The normalized spacial score (nSPS) is 10.6. The average molecular weight is 253 g/mol. The Morgan fingerprint density at radius 2 is 1.82 bits per heavy atom. The first-order valence-electron chi connectivity index (χ1n) is 5.06. The van der Waals surface area contributed by atoms with E-state index in [2.05, 4.69) is 0 Å². The lowest BCUT2D eigenvalue weighted by Crippen LogP contribution is -2.05. The Morgan fingerprint density at radius 1 is 1.24 bits per heavy atom. The molecule has 0 amide bonds. The van der Waals surface area contributed by atoms with Crippen LogP contribution in [0.1, 0.15) is 27.2 Å². The van der Waals surface area contributed by atoms with Gasteiger partial charge in [0.1, 0.15) is 5.82 Å². The van der Waals surface area contributed by atoms with Gasteiger partial charge in [0.2, 0.25) is 5.78 Å². The van der Waals surface area contributed by atoms with Gasteiger partial charge < -0.3 is 4.42 Å². The molecular weight excluding hydrogens is 243 g/mol. The van der Waals surface area contributed by atoms with Gasteiger partial charge in [-0.05, 0) is 60.8 Å². The van der Waals surface area contributed by atoms with Gasteiger partial charge in [0, 0.05) is 5.56 Å². The van der Waals surface area contributed by atoms with Crippen LogP contribution >= 0.6 is 11.6 Å². The molecule has 4 heteroatoms. The van der Waals surface area contributed by atoms with E-state index in [1.54, 1.807) is 13.8 Å². The summed E-state index contributed by atoms with van der Waals surface area (Å²) in [5.41, 5.74) is 1.62. The molecule has 88 valence electrons. The Bertz CT molecular complexity index is 564. The van der Waals surface area contributed by atoms with E-state index in [0.717, 1.165) is 0 Å². The largest absolute Gasteiger partial charge is 0.441 e. The molecule has 0 fully saturated rings. The number of aryl methyl sites for hydroxylation is 2. The van der Waals surface area contributed by atoms with Crippen molar-refractivity contribution in [2.75, 3.05) is 0 Å². The van der Waals surface area contributed by atoms with Crippen LogP contribution < -0.4 is 0 Å². The number of halogens is 2. The summed E-state index contributed by atoms with van der Waals surface area (Å²) >= 11 is 5.62. The monoisotopic (exact) mass is 252 g/mol. The molecule has 2 aromatic rings. The van der Waals surface area contributed by atoms with Crippen LogP contribution in [0.25, 0.3) is 0 Å². The molecule has 0 saturated carbocycles. The summed E-state index contributed by atoms with van der Waals surface area (Å²) in [5, 5.41) is 0.158. The van der Waals surface area contributed by atoms with Crippen molar-refractivity contribution in [3.05, 3.63) is 57.8 Å². The summed E-state index contributed by atoms with van der Waals surface area (Å²) in [6, 6.07) is 5.66. The first-order valence-corrected chi connectivity index (χ1v) is 5.43. The number of rotatable bonds is 2. The standard InChI is InChI=1S/C13H10ClFO2/c1-7-5-9(15)6-8(2)12(7)13(16)10-3-4-11(14)17-10/h3-6H,1-2H3. The third-order valence-electron chi connectivity index (χ3n) is 2.52. The maximum Gasteiger partial charge on any atom is 0.228 e. The Labute approximate surface area is 103 Å². The molecule has 0 N–H and O–H groups in total. The van der Waals surface area contributed by atoms with Gasteiger partial charge in [-0.15, -0.1) is 0 Å². The molecule has 1 aromatic heterocycles. The molecule has 2 rings (SSSR count). The van der Waals surface area contributed by atoms with E-state index in [1.807, 2.05) is 0 Å². The fourth-order valence-electron chi connectivity index (χ4n) is 1.83. The van der Waals surface area contributed by atoms with E-state index < -0.39 is 0 Å². The summed E-state index contributed by atoms with van der Waals surface area (Å²) in [6.07, 6.45) is 0. The zero-order chi connectivity index (χ0) is 12.6. The highest BCUT2D eigenvalue weighted by molar-refractivity contribution is 6.29. The molecule has 1 heterocycles. The topological polar surface area (TPSA) is 30.2 Å². The average Bonchev–Trinajstić information content (AvgIpc) is 2.63. The summed E-state index contributed by atoms with van der Waals surface area (Å²) in [6.45, 7) is 3.38. The van der Waals surface area contributed by atoms with Gasteiger partial charge in [0.05, 0.1) is 0 Å². The lowest BCUT2D eigenvalue weighted by Gasteiger charge is -2.07. The summed E-state index contributed by atoms with van der Waals surface area (Å²) in [5.74, 6) is -0.478. The molecule has 0 spiro atoms. The number of hydrogen-bond acceptors (Lipinski definition) is 2. The number of benzene rings is 1. The Morgan fingerprint density at radius 3 is 2.29 bits per heavy atom. The zero-order valence-electron chi connectivity index (χ0n) is 9.38. The lowest BCUT2D eigenvalue weighted by molar-refractivity contribution is 0.101. The Hall–Kier alpha value is -1.61. The van der Waals surface area contributed by atoms with E-state index in [9.17, 15) is 9.18 Å². The fraction of sp³-hybridized carbons (Fsp3) is 0.154. The highest BCUT2D eigenvalue weighted by atomic mass is 35.5. The molecule has 0 unspecified atom stereocenters. The molecule has 0 aliphatic rings. The van der Waals surface area contributed by atoms with Crippen LogP contribution in [0.5, 0.6) is 0 Å². The van der Waals surface area contributed by atoms with Crippen LogP contribution in [0.2, 0.25) is 5.22 Å². The minimum atomic E-state index is -0.353. The van der Waals surface area contributed by atoms with Gasteiger partial charge in [-0.25, -0.2) is 4.39 Å². The smallest absolute Gasteiger partial charge is 0.228 e. The van der Waals surface area contributed by atoms with E-state index in [0.29, 0.717) is 16.7 Å². The van der Waals surface area contributed by atoms with Crippen molar-refractivity contribution in [1.29, 1.82) is 0 Å². The third-order valence-corrected chi connectivity index (χ3v) is 2.72. The number of carbonyl (C=O) groups is 1. The molecule has 17 heavy (non-hydrogen) atoms. The van der Waals surface area contributed by atoms with Gasteiger partial charge in [-0.1, -0.05) is 0 Å². The van der Waals surface area contributed by atoms with Gasteiger partial charge in [0.15, 0.2) is 11.0 Å². The minimum Gasteiger partial charge on any atom is -0.441 e. The second-order valence-electron chi connectivity index (χ2n) is 3.85. The molecule has 0 atom stereocenters. The third kappa shape index (κ3) is 2.24. The van der Waals surface area contributed by atoms with Gasteiger partial charge >= 0.3 is 0 Å². The maximum absolute atomic E-state index is 13.1.